The summed E-state index contributed by atoms with van der Waals surface area (Å²) in [5.74, 6) is 0.988. The van der Waals surface area contributed by atoms with Crippen molar-refractivity contribution < 1.29 is 4.79 Å². The second-order valence-corrected chi connectivity index (χ2v) is 8.81. The number of hydrogen-bond donors (Lipinski definition) is 1. The Labute approximate surface area is 191 Å². The number of likely N-dealkylation sites (N-methyl/N-ethyl adjacent to an activating group) is 1. The summed E-state index contributed by atoms with van der Waals surface area (Å²) in [6.45, 7) is 2.65. The van der Waals surface area contributed by atoms with Gasteiger partial charge < -0.3 is 20.0 Å². The molecular formula is C23H28N8O2. The van der Waals surface area contributed by atoms with Crippen LogP contribution in [0.2, 0.25) is 0 Å². The summed E-state index contributed by atoms with van der Waals surface area (Å²) in [6.07, 6.45) is 5.18. The molecule has 1 atom stereocenters. The van der Waals surface area contributed by atoms with Gasteiger partial charge in [-0.05, 0) is 39.1 Å². The number of nitrogens with one attached hydrogen (secondary N) is 1. The van der Waals surface area contributed by atoms with Crippen molar-refractivity contribution in [1.82, 2.24) is 24.4 Å². The SMILES string of the molecule is CNc1ncc2c(n1)N1CCC[C@H]1CN(c1cccc3c(=O)n(CCN(C)C)cnc13)C2=O. The normalized spacial score (nSPS) is 17.9. The van der Waals surface area contributed by atoms with Crippen molar-refractivity contribution in [2.75, 3.05) is 55.9 Å². The van der Waals surface area contributed by atoms with E-state index in [2.05, 4.69) is 25.2 Å². The third-order valence-corrected chi connectivity index (χ3v) is 6.42. The molecular weight excluding hydrogens is 420 g/mol. The van der Waals surface area contributed by atoms with E-state index in [1.54, 1.807) is 35.1 Å². The van der Waals surface area contributed by atoms with Gasteiger partial charge in [0.05, 0.1) is 17.4 Å². The lowest BCUT2D eigenvalue weighted by atomic mass is 10.1. The van der Waals surface area contributed by atoms with Crippen molar-refractivity contribution in [2.45, 2.75) is 25.4 Å². The Kier molecular flexibility index (Phi) is 5.45. The van der Waals surface area contributed by atoms with Crippen LogP contribution in [0.4, 0.5) is 17.5 Å². The monoisotopic (exact) mass is 448 g/mol. The molecule has 172 valence electrons. The number of aromatic nitrogens is 4. The van der Waals surface area contributed by atoms with Crippen molar-refractivity contribution in [3.63, 3.8) is 0 Å². The maximum Gasteiger partial charge on any atom is 0.263 e. The van der Waals surface area contributed by atoms with Gasteiger partial charge >= 0.3 is 0 Å². The Bertz CT molecular complexity index is 1270. The number of fused-ring (bicyclic) bond motifs is 4. The van der Waals surface area contributed by atoms with E-state index in [4.69, 9.17) is 0 Å². The summed E-state index contributed by atoms with van der Waals surface area (Å²) in [5.41, 5.74) is 1.55. The van der Waals surface area contributed by atoms with E-state index in [0.717, 1.165) is 25.9 Å². The molecule has 2 aliphatic heterocycles. The van der Waals surface area contributed by atoms with Crippen LogP contribution in [0, 0.1) is 0 Å². The Balaban J connectivity index is 1.61. The number of nitrogens with zero attached hydrogens (tertiary/aromatic N) is 7. The van der Waals surface area contributed by atoms with E-state index in [1.807, 2.05) is 31.1 Å². The number of hydrogen-bond acceptors (Lipinski definition) is 8. The second kappa shape index (κ2) is 8.43. The van der Waals surface area contributed by atoms with Crippen LogP contribution in [0.1, 0.15) is 23.2 Å². The lowest BCUT2D eigenvalue weighted by Crippen LogP contribution is -2.40. The van der Waals surface area contributed by atoms with Gasteiger partial charge in [-0.1, -0.05) is 6.07 Å². The number of anilines is 3. The lowest BCUT2D eigenvalue weighted by molar-refractivity contribution is 0.0988. The molecule has 1 N–H and O–H groups in total. The maximum absolute atomic E-state index is 13.7. The minimum absolute atomic E-state index is 0.101. The Morgan fingerprint density at radius 1 is 1.21 bits per heavy atom. The van der Waals surface area contributed by atoms with Crippen molar-refractivity contribution in [1.29, 1.82) is 0 Å². The second-order valence-electron chi connectivity index (χ2n) is 8.81. The van der Waals surface area contributed by atoms with Gasteiger partial charge in [0.2, 0.25) is 5.95 Å². The molecule has 0 radical (unpaired) electrons. The zero-order valence-corrected chi connectivity index (χ0v) is 19.2. The highest BCUT2D eigenvalue weighted by Gasteiger charge is 2.38. The zero-order chi connectivity index (χ0) is 23.1. The molecule has 1 saturated heterocycles. The number of amides is 1. The molecule has 0 spiro atoms. The first-order valence-electron chi connectivity index (χ1n) is 11.2. The van der Waals surface area contributed by atoms with Gasteiger partial charge in [-0.3, -0.25) is 14.2 Å². The van der Waals surface area contributed by atoms with Crippen LogP contribution in [-0.4, -0.2) is 77.1 Å². The number of rotatable bonds is 5. The van der Waals surface area contributed by atoms with Gasteiger partial charge in [0, 0.05) is 45.5 Å². The zero-order valence-electron chi connectivity index (χ0n) is 19.2. The minimum atomic E-state index is -0.173. The van der Waals surface area contributed by atoms with Gasteiger partial charge in [-0.2, -0.15) is 4.98 Å². The molecule has 0 aliphatic carbocycles. The van der Waals surface area contributed by atoms with E-state index in [-0.39, 0.29) is 17.5 Å². The average molecular weight is 449 g/mol. The molecule has 1 aromatic carbocycles. The van der Waals surface area contributed by atoms with Crippen molar-refractivity contribution in [3.05, 3.63) is 46.6 Å². The molecule has 3 aromatic rings. The summed E-state index contributed by atoms with van der Waals surface area (Å²) >= 11 is 0. The largest absolute Gasteiger partial charge is 0.357 e. The fourth-order valence-corrected chi connectivity index (χ4v) is 4.67. The predicted octanol–water partition coefficient (Wildman–Crippen LogP) is 1.42. The minimum Gasteiger partial charge on any atom is -0.357 e. The van der Waals surface area contributed by atoms with Crippen LogP contribution in [0.25, 0.3) is 10.9 Å². The topological polar surface area (TPSA) is 99.5 Å². The molecule has 2 aromatic heterocycles. The van der Waals surface area contributed by atoms with Gasteiger partial charge in [-0.25, -0.2) is 9.97 Å². The lowest BCUT2D eigenvalue weighted by Gasteiger charge is -2.27. The summed E-state index contributed by atoms with van der Waals surface area (Å²) in [4.78, 5) is 46.4. The molecule has 10 heteroatoms. The first kappa shape index (κ1) is 21.3. The van der Waals surface area contributed by atoms with Gasteiger partial charge in [0.1, 0.15) is 16.9 Å². The van der Waals surface area contributed by atoms with Crippen LogP contribution in [0.3, 0.4) is 0 Å². The third-order valence-electron chi connectivity index (χ3n) is 6.42. The van der Waals surface area contributed by atoms with E-state index < -0.39 is 0 Å². The highest BCUT2D eigenvalue weighted by molar-refractivity contribution is 6.13. The first-order valence-corrected chi connectivity index (χ1v) is 11.2. The Morgan fingerprint density at radius 2 is 2.06 bits per heavy atom. The third kappa shape index (κ3) is 3.70. The summed E-state index contributed by atoms with van der Waals surface area (Å²) in [5, 5.41) is 3.47. The van der Waals surface area contributed by atoms with Crippen LogP contribution in [-0.2, 0) is 6.54 Å². The summed E-state index contributed by atoms with van der Waals surface area (Å²) in [6, 6.07) is 5.61. The van der Waals surface area contributed by atoms with Crippen molar-refractivity contribution in [2.24, 2.45) is 0 Å². The van der Waals surface area contributed by atoms with Crippen LogP contribution >= 0.6 is 0 Å². The highest BCUT2D eigenvalue weighted by atomic mass is 16.2. The van der Waals surface area contributed by atoms with Crippen molar-refractivity contribution in [3.8, 4) is 0 Å². The fraction of sp³-hybridized carbons (Fsp3) is 0.435. The van der Waals surface area contributed by atoms with Gasteiger partial charge in [-0.15, -0.1) is 0 Å². The van der Waals surface area contributed by atoms with E-state index >= 15 is 0 Å². The Hall–Kier alpha value is -3.53. The molecule has 33 heavy (non-hydrogen) atoms. The van der Waals surface area contributed by atoms with E-state index in [1.165, 1.54) is 0 Å². The molecule has 1 fully saturated rings. The van der Waals surface area contributed by atoms with Crippen LogP contribution in [0.15, 0.2) is 35.5 Å². The quantitative estimate of drug-likeness (QED) is 0.626. The average Bonchev–Trinajstić information content (AvgIpc) is 3.25. The molecule has 10 nitrogen and oxygen atoms in total. The number of carbonyl (C=O) groups excluding carboxylic acids is 1. The number of benzene rings is 1. The molecule has 2 aliphatic rings. The molecule has 4 heterocycles. The van der Waals surface area contributed by atoms with Gasteiger partial charge in [0.25, 0.3) is 11.5 Å². The Morgan fingerprint density at radius 3 is 2.85 bits per heavy atom. The molecule has 0 bridgehead atoms. The standard InChI is InChI=1S/C23H28N8O2/c1-24-23-25-12-17-20(27-23)30-9-5-6-15(30)13-31(22(17)33)18-8-4-7-16-19(18)26-14-29(21(16)32)11-10-28(2)3/h4,7-8,12,14-15H,5-6,9-11,13H2,1-3H3,(H,24,25,27)/t15-/m0/s1. The van der Waals surface area contributed by atoms with Crippen LogP contribution in [0.5, 0.6) is 0 Å². The predicted molar refractivity (Wildman–Crippen MR) is 128 cm³/mol. The smallest absolute Gasteiger partial charge is 0.263 e. The molecule has 5 rings (SSSR count). The molecule has 0 saturated carbocycles. The maximum atomic E-state index is 13.7. The number of carbonyl (C=O) groups is 1. The molecule has 1 amide bonds. The van der Waals surface area contributed by atoms with Crippen molar-refractivity contribution >= 4 is 34.3 Å². The first-order chi connectivity index (χ1) is 16.0. The van der Waals surface area contributed by atoms with E-state index in [0.29, 0.717) is 47.0 Å². The highest BCUT2D eigenvalue weighted by Crippen LogP contribution is 2.35. The summed E-state index contributed by atoms with van der Waals surface area (Å²) < 4.78 is 1.62. The fourth-order valence-electron chi connectivity index (χ4n) is 4.67. The summed E-state index contributed by atoms with van der Waals surface area (Å²) in [7, 11) is 5.70. The van der Waals surface area contributed by atoms with Crippen LogP contribution < -0.4 is 20.7 Å². The molecule has 0 unspecified atom stereocenters. The van der Waals surface area contributed by atoms with E-state index in [9.17, 15) is 9.59 Å². The van der Waals surface area contributed by atoms with Gasteiger partial charge in [0.15, 0.2) is 0 Å². The number of para-hydroxylation sites is 1.